The minimum Gasteiger partial charge on any atom is -0.441 e. The van der Waals surface area contributed by atoms with Crippen LogP contribution in [0.25, 0.3) is 0 Å². The van der Waals surface area contributed by atoms with E-state index in [-0.39, 0.29) is 17.8 Å². The van der Waals surface area contributed by atoms with Crippen LogP contribution in [-0.4, -0.2) is 42.1 Å². The molecule has 11 nitrogen and oxygen atoms in total. The molecule has 0 aromatic heterocycles. The van der Waals surface area contributed by atoms with Gasteiger partial charge in [0.05, 0.1) is 28.6 Å². The summed E-state index contributed by atoms with van der Waals surface area (Å²) in [6.45, 7) is 10.2. The summed E-state index contributed by atoms with van der Waals surface area (Å²) < 4.78 is 165. The van der Waals surface area contributed by atoms with Gasteiger partial charge in [-0.05, 0) is 76.4 Å². The normalized spacial score (nSPS) is 15.9. The Kier molecular flexibility index (Phi) is 16.1. The first-order valence-electron chi connectivity index (χ1n) is 19.0. The summed E-state index contributed by atoms with van der Waals surface area (Å²) in [5, 5.41) is 0. The van der Waals surface area contributed by atoms with Gasteiger partial charge in [-0.2, -0.15) is 0 Å². The van der Waals surface area contributed by atoms with E-state index in [1.54, 1.807) is 17.9 Å². The molecule has 2 unspecified atom stereocenters. The third-order valence-corrected chi connectivity index (χ3v) is 12.2. The minimum absolute atomic E-state index is 0.223. The van der Waals surface area contributed by atoms with E-state index in [1.807, 2.05) is 39.0 Å². The number of benzene rings is 4. The summed E-state index contributed by atoms with van der Waals surface area (Å²) in [7, 11) is -3.75. The summed E-state index contributed by atoms with van der Waals surface area (Å²) in [4.78, 5) is 26.9. The monoisotopic (exact) mass is 955 g/mol. The summed E-state index contributed by atoms with van der Waals surface area (Å²) in [6, 6.07) is 10.2. The average Bonchev–Trinajstić information content (AvgIpc) is 3.21. The lowest BCUT2D eigenvalue weighted by Gasteiger charge is -2.32. The maximum atomic E-state index is 14.1. The van der Waals surface area contributed by atoms with E-state index in [1.165, 1.54) is 17.0 Å². The summed E-state index contributed by atoms with van der Waals surface area (Å²) in [5.41, 5.74) is 5.67. The number of nitrogen functional groups attached to an aromatic ring is 1. The Hall–Kier alpha value is -5.15. The zero-order valence-electron chi connectivity index (χ0n) is 34.5. The van der Waals surface area contributed by atoms with Crippen molar-refractivity contribution in [2.24, 2.45) is 0 Å². The van der Waals surface area contributed by atoms with Crippen LogP contribution in [0.5, 0.6) is 0 Å². The molecule has 2 atom stereocenters. The van der Waals surface area contributed by atoms with Crippen LogP contribution in [0.3, 0.4) is 0 Å². The Labute approximate surface area is 363 Å². The average molecular weight is 956 g/mol. The number of halogens is 9. The van der Waals surface area contributed by atoms with Gasteiger partial charge >= 0.3 is 12.2 Å². The van der Waals surface area contributed by atoms with Gasteiger partial charge in [-0.25, -0.2) is 61.5 Å². The van der Waals surface area contributed by atoms with Crippen LogP contribution in [0, 0.1) is 60.4 Å². The fourth-order valence-corrected chi connectivity index (χ4v) is 8.97. The van der Waals surface area contributed by atoms with Crippen molar-refractivity contribution in [3.05, 3.63) is 122 Å². The molecule has 0 bridgehead atoms. The van der Waals surface area contributed by atoms with Crippen molar-refractivity contribution in [1.29, 1.82) is 0 Å². The van der Waals surface area contributed by atoms with E-state index in [0.29, 0.717) is 36.4 Å². The summed E-state index contributed by atoms with van der Waals surface area (Å²) in [6.07, 6.45) is -0.0385. The van der Waals surface area contributed by atoms with Crippen molar-refractivity contribution in [2.45, 2.75) is 83.9 Å². The molecule has 2 N–H and O–H groups in total. The van der Waals surface area contributed by atoms with E-state index in [0.717, 1.165) is 31.5 Å². The largest absolute Gasteiger partial charge is 0.441 e. The van der Waals surface area contributed by atoms with E-state index < -0.39 is 117 Å². The quantitative estimate of drug-likeness (QED) is 0.0708. The molecule has 344 valence electrons. The van der Waals surface area contributed by atoms with Gasteiger partial charge in [-0.3, -0.25) is 9.80 Å². The van der Waals surface area contributed by atoms with Crippen LogP contribution in [-0.2, 0) is 45.6 Å². The van der Waals surface area contributed by atoms with Gasteiger partial charge < -0.3 is 15.2 Å². The zero-order valence-corrected chi connectivity index (χ0v) is 36.9. The predicted octanol–water partition coefficient (Wildman–Crippen LogP) is 10.4. The third kappa shape index (κ3) is 11.5. The number of rotatable bonds is 10. The lowest BCUT2D eigenvalue weighted by atomic mass is 10.0. The molecule has 6 rings (SSSR count). The van der Waals surface area contributed by atoms with Crippen molar-refractivity contribution in [3.63, 3.8) is 0 Å². The second-order valence-corrected chi connectivity index (χ2v) is 19.3. The number of carbonyl (C=O) groups is 2. The number of hydrogen-bond donors (Lipinski definition) is 1. The van der Waals surface area contributed by atoms with Crippen molar-refractivity contribution >= 4 is 58.8 Å². The van der Waals surface area contributed by atoms with Crippen LogP contribution in [0.2, 0.25) is 0 Å². The van der Waals surface area contributed by atoms with E-state index in [9.17, 15) is 61.5 Å². The highest BCUT2D eigenvalue weighted by Crippen LogP contribution is 2.37. The molecule has 4 aromatic rings. The minimum atomic E-state index is -4.31. The third-order valence-electron chi connectivity index (χ3n) is 9.71. The Bertz CT molecular complexity index is 2600. The molecule has 4 aromatic carbocycles. The Morgan fingerprint density at radius 1 is 0.603 bits per heavy atom. The lowest BCUT2D eigenvalue weighted by Crippen LogP contribution is -2.37. The number of hydrogen-bond acceptors (Lipinski definition) is 9. The van der Waals surface area contributed by atoms with E-state index >= 15 is 0 Å². The molecule has 0 saturated heterocycles. The molecule has 2 heterocycles. The maximum Gasteiger partial charge on any atom is 0.414 e. The first-order chi connectivity index (χ1) is 29.2. The van der Waals surface area contributed by atoms with Crippen LogP contribution in [0.1, 0.15) is 91.7 Å². The number of carbonyl (C=O) groups excluding carboxylic acids is 2. The molecule has 0 fully saturated rings. The van der Waals surface area contributed by atoms with Crippen LogP contribution < -0.4 is 15.5 Å². The van der Waals surface area contributed by atoms with Gasteiger partial charge in [0.15, 0.2) is 56.4 Å². The Morgan fingerprint density at radius 2 is 0.984 bits per heavy atom. The number of cyclic esters (lactones) is 2. The highest BCUT2D eigenvalue weighted by Gasteiger charge is 2.33. The number of ether oxygens (including phenoxy) is 2. The molecule has 2 aliphatic heterocycles. The first-order valence-corrected chi connectivity index (χ1v) is 23.3. The highest BCUT2D eigenvalue weighted by atomic mass is 35.7. The predicted molar refractivity (Wildman–Crippen MR) is 219 cm³/mol. The van der Waals surface area contributed by atoms with Crippen molar-refractivity contribution in [2.75, 3.05) is 28.6 Å². The summed E-state index contributed by atoms with van der Waals surface area (Å²) >= 11 is 0. The van der Waals surface area contributed by atoms with Gasteiger partial charge in [0.25, 0.3) is 0 Å². The molecule has 22 heteroatoms. The van der Waals surface area contributed by atoms with Crippen molar-refractivity contribution in [1.82, 2.24) is 0 Å². The van der Waals surface area contributed by atoms with Crippen LogP contribution >= 0.6 is 10.7 Å². The Morgan fingerprint density at radius 3 is 1.38 bits per heavy atom. The van der Waals surface area contributed by atoms with Crippen molar-refractivity contribution in [3.8, 4) is 0 Å². The number of anilines is 3. The fraction of sp³-hybridized carbons (Fsp3) is 0.366. The standard InChI is InChI=1S/C21H21F4NO4S.C12H16N2O2.C8H5ClF4O2S/c1-4-7-26-16-6-5-13(8-14(16)12(3)30-21(26)27)9-31(28,29)10-15-19(24)17(22)11(2)18(23)20(15)25;1-3-6-14-11-5-4-9(13)7-10(11)8(2)16-12(14)15;1-3-5(10)7(12)4(2-16(9,14)15)8(13)6(3)11/h5-6,8,12H,4,7,9-10H2,1-3H3;4-5,7-8H,3,6,13H2,1-2H3;2H2,1H3. The van der Waals surface area contributed by atoms with E-state index in [4.69, 9.17) is 25.9 Å². The molecule has 2 amide bonds. The number of fused-ring (bicyclic) bond motifs is 2. The number of amides is 2. The van der Waals surface area contributed by atoms with Crippen LogP contribution in [0.4, 0.5) is 61.8 Å². The molecule has 0 aliphatic carbocycles. The van der Waals surface area contributed by atoms with Gasteiger partial charge in [0.1, 0.15) is 12.2 Å². The lowest BCUT2D eigenvalue weighted by molar-refractivity contribution is 0.107. The van der Waals surface area contributed by atoms with Gasteiger partial charge in [-0.1, -0.05) is 19.9 Å². The highest BCUT2D eigenvalue weighted by molar-refractivity contribution is 8.13. The second-order valence-electron chi connectivity index (χ2n) is 14.5. The van der Waals surface area contributed by atoms with Crippen molar-refractivity contribution < 1.29 is 71.0 Å². The maximum absolute atomic E-state index is 14.1. The second kappa shape index (κ2) is 20.1. The molecular formula is C41H42ClF8N3O8S2. The number of sulfone groups is 1. The molecule has 2 aliphatic rings. The SMILES string of the molecule is CCCN1C(=O)OC(C)c2cc(CS(=O)(=O)Cc3c(F)c(F)c(C)c(F)c3F)ccc21.CCCN1C(=O)OC(C)c2cc(N)ccc21.Cc1c(F)c(F)c(CS(=O)(=O)Cl)c(F)c1F. The molecule has 0 saturated carbocycles. The topological polar surface area (TPSA) is 153 Å². The van der Waals surface area contributed by atoms with Gasteiger partial charge in [0.2, 0.25) is 9.05 Å². The van der Waals surface area contributed by atoms with Gasteiger partial charge in [0, 0.05) is 62.8 Å². The molecule has 0 radical (unpaired) electrons. The summed E-state index contributed by atoms with van der Waals surface area (Å²) in [5.74, 6) is -16.6. The van der Waals surface area contributed by atoms with Gasteiger partial charge in [-0.15, -0.1) is 0 Å². The first kappa shape index (κ1) is 50.5. The molecular weight excluding hydrogens is 914 g/mol. The fourth-order valence-electron chi connectivity index (χ4n) is 6.56. The number of nitrogens with two attached hydrogens (primary N) is 1. The molecule has 0 spiro atoms. The Balaban J connectivity index is 0.000000229. The zero-order chi connectivity index (χ0) is 47.5. The van der Waals surface area contributed by atoms with E-state index in [2.05, 4.69) is 0 Å². The molecule has 63 heavy (non-hydrogen) atoms. The number of nitrogens with zero attached hydrogens (tertiary/aromatic N) is 2. The van der Waals surface area contributed by atoms with Crippen LogP contribution in [0.15, 0.2) is 36.4 Å². The smallest absolute Gasteiger partial charge is 0.414 e.